The van der Waals surface area contributed by atoms with Crippen molar-refractivity contribution in [1.82, 2.24) is 0 Å². The Morgan fingerprint density at radius 2 is 1.67 bits per heavy atom. The van der Waals surface area contributed by atoms with Gasteiger partial charge >= 0.3 is 77.2 Å². The summed E-state index contributed by atoms with van der Waals surface area (Å²) in [5, 5.41) is 35.6. The van der Waals surface area contributed by atoms with Gasteiger partial charge in [-0.2, -0.15) is 0 Å². The molecule has 5 nitrogen and oxygen atoms in total. The van der Waals surface area contributed by atoms with Crippen LogP contribution < -0.4 is 0 Å². The van der Waals surface area contributed by atoms with Crippen LogP contribution in [0.25, 0.3) is 0 Å². The molecule has 0 bridgehead atoms. The van der Waals surface area contributed by atoms with Crippen molar-refractivity contribution >= 4 is 16.0 Å². The summed E-state index contributed by atoms with van der Waals surface area (Å²) in [5.41, 5.74) is 0. The number of hydrogen-bond donors (Lipinski definition) is 4. The van der Waals surface area contributed by atoms with Gasteiger partial charge in [0, 0.05) is 0 Å². The van der Waals surface area contributed by atoms with E-state index < -0.39 is 29.4 Å². The van der Waals surface area contributed by atoms with Gasteiger partial charge in [0.25, 0.3) is 0 Å². The molecule has 0 spiro atoms. The Balaban J connectivity index is 2.63. The molecule has 1 rings (SSSR count). The van der Waals surface area contributed by atoms with Gasteiger partial charge in [0.15, 0.2) is 0 Å². The molecular weight excluding hydrogens is 231 g/mol. The summed E-state index contributed by atoms with van der Waals surface area (Å²) in [7, 11) is 0. The Kier molecular flexibility index (Phi) is 3.48. The third-order valence-electron chi connectivity index (χ3n) is 1.85. The fourth-order valence-corrected chi connectivity index (χ4v) is 1.70. The first-order valence-corrected chi connectivity index (χ1v) is 4.53. The maximum atomic E-state index is 9.22. The zero-order valence-electron chi connectivity index (χ0n) is 6.20. The molecule has 0 unspecified atom stereocenters. The van der Waals surface area contributed by atoms with E-state index in [2.05, 4.69) is 16.0 Å². The second-order valence-electron chi connectivity index (χ2n) is 2.70. The summed E-state index contributed by atoms with van der Waals surface area (Å²) in [5.74, 6) is 0. The fourth-order valence-electron chi connectivity index (χ4n) is 1.07. The molecule has 1 fully saturated rings. The van der Waals surface area contributed by atoms with Crippen molar-refractivity contribution in [2.45, 2.75) is 29.4 Å². The first-order chi connectivity index (χ1) is 5.57. The van der Waals surface area contributed by atoms with Gasteiger partial charge in [-0.05, 0) is 0 Å². The molecule has 1 aliphatic rings. The monoisotopic (exact) mass is 243 g/mol. The molecule has 0 saturated carbocycles. The second kappa shape index (κ2) is 4.02. The standard InChI is InChI=1S/C6H11O5Se/c7-1-2-3(8)4(9)5(10)6(12)11-2/h2-10H,1H2/t2-,3-,4+,5-,6-/m1/s1. The number of ether oxygens (including phenoxy) is 1. The van der Waals surface area contributed by atoms with Crippen LogP contribution in [0.1, 0.15) is 0 Å². The summed E-state index contributed by atoms with van der Waals surface area (Å²) in [6.45, 7) is -0.386. The van der Waals surface area contributed by atoms with E-state index in [0.29, 0.717) is 0 Å². The van der Waals surface area contributed by atoms with Gasteiger partial charge in [0.05, 0.1) is 0 Å². The normalized spacial score (nSPS) is 49.2. The minimum atomic E-state index is -1.28. The third kappa shape index (κ3) is 1.80. The Bertz CT molecular complexity index is 150. The Morgan fingerprint density at radius 3 is 2.17 bits per heavy atom. The van der Waals surface area contributed by atoms with Crippen LogP contribution in [0.15, 0.2) is 0 Å². The molecule has 4 N–H and O–H groups in total. The summed E-state index contributed by atoms with van der Waals surface area (Å²) in [6, 6.07) is 0. The Hall–Kier alpha value is 0.319. The molecule has 1 saturated heterocycles. The van der Waals surface area contributed by atoms with Crippen LogP contribution in [0.5, 0.6) is 0 Å². The van der Waals surface area contributed by atoms with Crippen molar-refractivity contribution in [3.8, 4) is 0 Å². The van der Waals surface area contributed by atoms with Gasteiger partial charge < -0.3 is 0 Å². The van der Waals surface area contributed by atoms with Crippen LogP contribution in [0.3, 0.4) is 0 Å². The fraction of sp³-hybridized carbons (Fsp3) is 1.00. The van der Waals surface area contributed by atoms with E-state index in [-0.39, 0.29) is 6.61 Å². The van der Waals surface area contributed by atoms with Gasteiger partial charge in [-0.1, -0.05) is 0 Å². The van der Waals surface area contributed by atoms with E-state index in [1.54, 1.807) is 0 Å². The molecule has 12 heavy (non-hydrogen) atoms. The van der Waals surface area contributed by atoms with Gasteiger partial charge in [-0.3, -0.25) is 0 Å². The van der Waals surface area contributed by atoms with E-state index in [4.69, 9.17) is 9.84 Å². The minimum absolute atomic E-state index is 0.386. The summed E-state index contributed by atoms with van der Waals surface area (Å²) in [6.07, 6.45) is -4.51. The summed E-state index contributed by atoms with van der Waals surface area (Å²) < 4.78 is 4.96. The average molecular weight is 242 g/mol. The van der Waals surface area contributed by atoms with Crippen LogP contribution in [0, 0.1) is 0 Å². The van der Waals surface area contributed by atoms with E-state index in [1.807, 2.05) is 0 Å². The number of rotatable bonds is 1. The van der Waals surface area contributed by atoms with Gasteiger partial charge in [0.2, 0.25) is 0 Å². The van der Waals surface area contributed by atoms with Crippen molar-refractivity contribution in [3.63, 3.8) is 0 Å². The first-order valence-electron chi connectivity index (χ1n) is 3.54. The van der Waals surface area contributed by atoms with Gasteiger partial charge in [-0.15, -0.1) is 0 Å². The van der Waals surface area contributed by atoms with Crippen LogP contribution >= 0.6 is 0 Å². The molecule has 1 aliphatic heterocycles. The van der Waals surface area contributed by atoms with E-state index in [0.717, 1.165) is 0 Å². The molecular formula is C6H11O5Se. The van der Waals surface area contributed by atoms with Crippen LogP contribution in [-0.2, 0) is 4.74 Å². The number of aliphatic hydroxyl groups is 4. The molecule has 0 aromatic rings. The van der Waals surface area contributed by atoms with E-state index in [9.17, 15) is 15.3 Å². The third-order valence-corrected chi connectivity index (χ3v) is 2.67. The zero-order chi connectivity index (χ0) is 9.30. The van der Waals surface area contributed by atoms with Crippen LogP contribution in [0.4, 0.5) is 0 Å². The molecule has 1 radical (unpaired) electrons. The Labute approximate surface area is 77.8 Å². The molecule has 1 heterocycles. The van der Waals surface area contributed by atoms with Crippen LogP contribution in [0.2, 0.25) is 0 Å². The number of hydrogen-bond acceptors (Lipinski definition) is 5. The second-order valence-corrected chi connectivity index (χ2v) is 3.67. The average Bonchev–Trinajstić information content (AvgIpc) is 2.08. The molecule has 0 aliphatic carbocycles. The van der Waals surface area contributed by atoms with Crippen LogP contribution in [-0.4, -0.2) is 72.5 Å². The van der Waals surface area contributed by atoms with Crippen molar-refractivity contribution in [2.24, 2.45) is 0 Å². The summed E-state index contributed by atoms with van der Waals surface area (Å²) in [4.78, 5) is 0. The van der Waals surface area contributed by atoms with E-state index >= 15 is 0 Å². The van der Waals surface area contributed by atoms with Crippen molar-refractivity contribution in [3.05, 3.63) is 0 Å². The van der Waals surface area contributed by atoms with E-state index in [1.165, 1.54) is 0 Å². The summed E-state index contributed by atoms with van der Waals surface area (Å²) >= 11 is 2.49. The molecule has 0 amide bonds. The predicted molar refractivity (Wildman–Crippen MR) is 39.5 cm³/mol. The maximum absolute atomic E-state index is 9.22. The topological polar surface area (TPSA) is 90.2 Å². The predicted octanol–water partition coefficient (Wildman–Crippen LogP) is -3.05. The molecule has 71 valence electrons. The SMILES string of the molecule is OC[C@H]1O[C@H]([Se])[C@H](O)[C@@H](O)[C@@H]1O. The van der Waals surface area contributed by atoms with Gasteiger partial charge in [-0.25, -0.2) is 0 Å². The zero-order valence-corrected chi connectivity index (χ0v) is 7.91. The molecule has 5 atom stereocenters. The van der Waals surface area contributed by atoms with Crippen molar-refractivity contribution in [1.29, 1.82) is 0 Å². The van der Waals surface area contributed by atoms with Crippen molar-refractivity contribution in [2.75, 3.05) is 6.61 Å². The quantitative estimate of drug-likeness (QED) is 0.367. The first kappa shape index (κ1) is 10.4. The molecule has 6 heteroatoms. The number of aliphatic hydroxyl groups excluding tert-OH is 4. The molecule has 0 aromatic heterocycles. The van der Waals surface area contributed by atoms with Crippen molar-refractivity contribution < 1.29 is 25.2 Å². The van der Waals surface area contributed by atoms with Gasteiger partial charge in [0.1, 0.15) is 0 Å². The molecule has 0 aromatic carbocycles. The Morgan fingerprint density at radius 1 is 1.08 bits per heavy atom.